The Morgan fingerprint density at radius 3 is 2.94 bits per heavy atom. The van der Waals surface area contributed by atoms with Crippen LogP contribution in [0.25, 0.3) is 0 Å². The fourth-order valence-electron chi connectivity index (χ4n) is 1.50. The molecule has 0 aliphatic rings. The zero-order valence-corrected chi connectivity index (χ0v) is 10.9. The molecule has 2 rings (SSSR count). The van der Waals surface area contributed by atoms with Crippen LogP contribution in [0.15, 0.2) is 23.7 Å². The number of hydrogen-bond donors (Lipinski definition) is 2. The number of hydrogen-bond acceptors (Lipinski definition) is 5. The van der Waals surface area contributed by atoms with E-state index in [-0.39, 0.29) is 11.6 Å². The maximum absolute atomic E-state index is 10.8. The third kappa shape index (κ3) is 2.84. The summed E-state index contributed by atoms with van der Waals surface area (Å²) in [5.74, 6) is -0.423. The van der Waals surface area contributed by atoms with Crippen molar-refractivity contribution in [2.45, 2.75) is 19.9 Å². The first-order valence-electron chi connectivity index (χ1n) is 5.44. The van der Waals surface area contributed by atoms with E-state index in [0.29, 0.717) is 5.82 Å². The minimum absolute atomic E-state index is 0.000227. The van der Waals surface area contributed by atoms with Gasteiger partial charge >= 0.3 is 5.97 Å². The van der Waals surface area contributed by atoms with Crippen LogP contribution in [0.2, 0.25) is 0 Å². The van der Waals surface area contributed by atoms with Gasteiger partial charge in [-0.05, 0) is 26.0 Å². The Labute approximate surface area is 109 Å². The topological polar surface area (TPSA) is 75.1 Å². The predicted octanol–water partition coefficient (Wildman–Crippen LogP) is 2.72. The smallest absolute Gasteiger partial charge is 0.335 e. The van der Waals surface area contributed by atoms with Gasteiger partial charge in [-0.1, -0.05) is 0 Å². The van der Waals surface area contributed by atoms with Crippen molar-refractivity contribution in [3.8, 4) is 0 Å². The number of rotatable bonds is 4. The van der Waals surface area contributed by atoms with Gasteiger partial charge in [0.1, 0.15) is 10.8 Å². The lowest BCUT2D eigenvalue weighted by Crippen LogP contribution is -2.08. The molecule has 0 aliphatic carbocycles. The highest BCUT2D eigenvalue weighted by Gasteiger charge is 2.11. The molecule has 6 heteroatoms. The molecular weight excluding hydrogens is 250 g/mol. The summed E-state index contributed by atoms with van der Waals surface area (Å²) in [4.78, 5) is 19.3. The monoisotopic (exact) mass is 263 g/mol. The summed E-state index contributed by atoms with van der Waals surface area (Å²) in [5.41, 5.74) is 1.20. The number of aromatic nitrogens is 2. The van der Waals surface area contributed by atoms with Gasteiger partial charge in [0.05, 0.1) is 11.6 Å². The van der Waals surface area contributed by atoms with Crippen LogP contribution >= 0.6 is 11.3 Å². The van der Waals surface area contributed by atoms with Crippen LogP contribution in [-0.4, -0.2) is 21.0 Å². The summed E-state index contributed by atoms with van der Waals surface area (Å²) in [6, 6.07) is 2.98. The van der Waals surface area contributed by atoms with Crippen LogP contribution in [0, 0.1) is 6.92 Å². The highest BCUT2D eigenvalue weighted by Crippen LogP contribution is 2.21. The van der Waals surface area contributed by atoms with Gasteiger partial charge < -0.3 is 10.4 Å². The molecule has 0 saturated heterocycles. The van der Waals surface area contributed by atoms with Gasteiger partial charge in [0.25, 0.3) is 0 Å². The van der Waals surface area contributed by atoms with Gasteiger partial charge in [-0.3, -0.25) is 0 Å². The quantitative estimate of drug-likeness (QED) is 0.887. The first-order chi connectivity index (χ1) is 8.56. The number of pyridine rings is 1. The molecule has 2 heterocycles. The Bertz CT molecular complexity index is 568. The first kappa shape index (κ1) is 12.5. The molecule has 18 heavy (non-hydrogen) atoms. The Kier molecular flexibility index (Phi) is 3.57. The van der Waals surface area contributed by atoms with Gasteiger partial charge in [-0.2, -0.15) is 0 Å². The second-order valence-corrected chi connectivity index (χ2v) is 4.82. The maximum Gasteiger partial charge on any atom is 0.335 e. The fraction of sp³-hybridized carbons (Fsp3) is 0.250. The van der Waals surface area contributed by atoms with Crippen molar-refractivity contribution in [1.82, 2.24) is 9.97 Å². The summed E-state index contributed by atoms with van der Waals surface area (Å²) in [7, 11) is 0. The average molecular weight is 263 g/mol. The Morgan fingerprint density at radius 1 is 1.56 bits per heavy atom. The number of carboxylic acid groups (broad SMARTS) is 1. The second kappa shape index (κ2) is 5.14. The van der Waals surface area contributed by atoms with Gasteiger partial charge in [0, 0.05) is 17.3 Å². The molecule has 0 spiro atoms. The van der Waals surface area contributed by atoms with Crippen molar-refractivity contribution >= 4 is 23.1 Å². The van der Waals surface area contributed by atoms with Crippen LogP contribution in [0.4, 0.5) is 5.82 Å². The molecule has 0 fully saturated rings. The molecule has 2 aromatic heterocycles. The standard InChI is InChI=1S/C12H13N3O2S/c1-7-6-18-11(14-7)8(2)15-10-5-9(12(16)17)3-4-13-10/h3-6,8H,1-2H3,(H,13,15)(H,16,17). The molecule has 5 nitrogen and oxygen atoms in total. The Morgan fingerprint density at radius 2 is 2.33 bits per heavy atom. The van der Waals surface area contributed by atoms with E-state index in [1.807, 2.05) is 19.2 Å². The number of aryl methyl sites for hydroxylation is 1. The van der Waals surface area contributed by atoms with E-state index in [1.165, 1.54) is 18.3 Å². The van der Waals surface area contributed by atoms with Crippen molar-refractivity contribution in [3.63, 3.8) is 0 Å². The molecular formula is C12H13N3O2S. The van der Waals surface area contributed by atoms with Crippen LogP contribution in [0.1, 0.15) is 34.0 Å². The number of anilines is 1. The predicted molar refractivity (Wildman–Crippen MR) is 70.1 cm³/mol. The van der Waals surface area contributed by atoms with E-state index in [1.54, 1.807) is 11.3 Å². The van der Waals surface area contributed by atoms with Gasteiger partial charge in [-0.25, -0.2) is 14.8 Å². The van der Waals surface area contributed by atoms with Crippen molar-refractivity contribution in [3.05, 3.63) is 40.0 Å². The average Bonchev–Trinajstić information content (AvgIpc) is 2.76. The second-order valence-electron chi connectivity index (χ2n) is 3.93. The first-order valence-corrected chi connectivity index (χ1v) is 6.32. The van der Waals surface area contributed by atoms with Crippen LogP contribution in [0.5, 0.6) is 0 Å². The minimum atomic E-state index is -0.960. The molecule has 0 saturated carbocycles. The SMILES string of the molecule is Cc1csc(C(C)Nc2cc(C(=O)O)ccn2)n1. The number of carbonyl (C=O) groups is 1. The molecule has 1 atom stereocenters. The molecule has 2 aromatic rings. The van der Waals surface area contributed by atoms with Crippen LogP contribution in [0.3, 0.4) is 0 Å². The van der Waals surface area contributed by atoms with Gasteiger partial charge in [-0.15, -0.1) is 11.3 Å². The van der Waals surface area contributed by atoms with Crippen molar-refractivity contribution in [1.29, 1.82) is 0 Å². The van der Waals surface area contributed by atoms with E-state index >= 15 is 0 Å². The summed E-state index contributed by atoms with van der Waals surface area (Å²) in [6.45, 7) is 3.91. The molecule has 2 N–H and O–H groups in total. The van der Waals surface area contributed by atoms with Gasteiger partial charge in [0.15, 0.2) is 0 Å². The minimum Gasteiger partial charge on any atom is -0.478 e. The van der Waals surface area contributed by atoms with Crippen LogP contribution in [-0.2, 0) is 0 Å². The molecule has 0 aliphatic heterocycles. The van der Waals surface area contributed by atoms with Crippen molar-refractivity contribution in [2.75, 3.05) is 5.32 Å². The van der Waals surface area contributed by atoms with E-state index in [4.69, 9.17) is 5.11 Å². The van der Waals surface area contributed by atoms with E-state index in [2.05, 4.69) is 15.3 Å². The summed E-state index contributed by atoms with van der Waals surface area (Å²) in [5, 5.41) is 15.0. The third-order valence-electron chi connectivity index (χ3n) is 2.38. The van der Waals surface area contributed by atoms with E-state index < -0.39 is 5.97 Å². The highest BCUT2D eigenvalue weighted by atomic mass is 32.1. The fourth-order valence-corrected chi connectivity index (χ4v) is 2.30. The lowest BCUT2D eigenvalue weighted by Gasteiger charge is -2.11. The zero-order valence-electron chi connectivity index (χ0n) is 10.0. The van der Waals surface area contributed by atoms with Gasteiger partial charge in [0.2, 0.25) is 0 Å². The highest BCUT2D eigenvalue weighted by molar-refractivity contribution is 7.09. The molecule has 94 valence electrons. The molecule has 0 amide bonds. The number of nitrogens with zero attached hydrogens (tertiary/aromatic N) is 2. The van der Waals surface area contributed by atoms with E-state index in [0.717, 1.165) is 10.7 Å². The lowest BCUT2D eigenvalue weighted by molar-refractivity contribution is 0.0697. The van der Waals surface area contributed by atoms with E-state index in [9.17, 15) is 4.79 Å². The summed E-state index contributed by atoms with van der Waals surface area (Å²) in [6.07, 6.45) is 1.48. The molecule has 1 unspecified atom stereocenters. The normalized spacial score (nSPS) is 12.1. The lowest BCUT2D eigenvalue weighted by atomic mass is 10.2. The maximum atomic E-state index is 10.8. The third-order valence-corrected chi connectivity index (χ3v) is 3.52. The van der Waals surface area contributed by atoms with Crippen molar-refractivity contribution < 1.29 is 9.90 Å². The Hall–Kier alpha value is -1.95. The number of nitrogens with one attached hydrogen (secondary N) is 1. The molecule has 0 bridgehead atoms. The van der Waals surface area contributed by atoms with Crippen LogP contribution < -0.4 is 5.32 Å². The zero-order chi connectivity index (χ0) is 13.1. The largest absolute Gasteiger partial charge is 0.478 e. The number of thiazole rings is 1. The number of carboxylic acids is 1. The van der Waals surface area contributed by atoms with Crippen molar-refractivity contribution in [2.24, 2.45) is 0 Å². The Balaban J connectivity index is 2.14. The summed E-state index contributed by atoms with van der Waals surface area (Å²) >= 11 is 1.57. The summed E-state index contributed by atoms with van der Waals surface area (Å²) < 4.78 is 0. The molecule has 0 aromatic carbocycles. The number of aromatic carboxylic acids is 1. The molecule has 0 radical (unpaired) electrons.